The van der Waals surface area contributed by atoms with Crippen LogP contribution in [-0.4, -0.2) is 0 Å². The molecule has 0 amide bonds. The predicted molar refractivity (Wildman–Crippen MR) is 199 cm³/mol. The standard InChI is InChI=1S/C46H37N/c1-45(2)40-19-11-10-17-36(40)37-26-25-35(29-42(37)45)47(34-23-21-31(22-24-34)30-13-6-5-7-14-30)43-20-12-18-38-39-27-32-15-8-9-16-33(32)28-41(39)46(3,4)44(38)43/h5-29H,1-4H3. The quantitative estimate of drug-likeness (QED) is 0.193. The van der Waals surface area contributed by atoms with Crippen molar-refractivity contribution >= 4 is 27.8 Å². The van der Waals surface area contributed by atoms with Crippen LogP contribution in [-0.2, 0) is 10.8 Å². The molecule has 0 unspecified atom stereocenters. The van der Waals surface area contributed by atoms with Crippen molar-refractivity contribution in [3.8, 4) is 33.4 Å². The van der Waals surface area contributed by atoms with E-state index in [2.05, 4.69) is 184 Å². The number of anilines is 3. The van der Waals surface area contributed by atoms with Gasteiger partial charge in [0.15, 0.2) is 0 Å². The van der Waals surface area contributed by atoms with Gasteiger partial charge in [0, 0.05) is 22.2 Å². The van der Waals surface area contributed by atoms with Crippen molar-refractivity contribution in [1.82, 2.24) is 0 Å². The normalized spacial score (nSPS) is 14.7. The van der Waals surface area contributed by atoms with Crippen LogP contribution in [0, 0.1) is 0 Å². The highest BCUT2D eigenvalue weighted by Gasteiger charge is 2.40. The Labute approximate surface area is 277 Å². The van der Waals surface area contributed by atoms with Crippen LogP contribution >= 0.6 is 0 Å². The van der Waals surface area contributed by atoms with Crippen LogP contribution in [0.2, 0.25) is 0 Å². The Morgan fingerprint density at radius 3 is 1.77 bits per heavy atom. The molecular weight excluding hydrogens is 567 g/mol. The lowest BCUT2D eigenvalue weighted by molar-refractivity contribution is 0.659. The molecule has 0 bridgehead atoms. The number of nitrogens with zero attached hydrogens (tertiary/aromatic N) is 1. The third-order valence-electron chi connectivity index (χ3n) is 10.8. The molecule has 0 saturated heterocycles. The second-order valence-electron chi connectivity index (χ2n) is 14.2. The van der Waals surface area contributed by atoms with Gasteiger partial charge in [0.05, 0.1) is 5.69 Å². The topological polar surface area (TPSA) is 3.24 Å². The highest BCUT2D eigenvalue weighted by atomic mass is 15.1. The van der Waals surface area contributed by atoms with E-state index < -0.39 is 0 Å². The van der Waals surface area contributed by atoms with Gasteiger partial charge in [-0.1, -0.05) is 137 Å². The number of fused-ring (bicyclic) bond motifs is 7. The summed E-state index contributed by atoms with van der Waals surface area (Å²) >= 11 is 0. The van der Waals surface area contributed by atoms with Gasteiger partial charge in [-0.05, 0) is 109 Å². The van der Waals surface area contributed by atoms with E-state index in [-0.39, 0.29) is 10.8 Å². The molecule has 0 N–H and O–H groups in total. The van der Waals surface area contributed by atoms with Crippen molar-refractivity contribution in [1.29, 1.82) is 0 Å². The van der Waals surface area contributed by atoms with Crippen LogP contribution in [0.5, 0.6) is 0 Å². The van der Waals surface area contributed by atoms with Crippen molar-refractivity contribution in [3.05, 3.63) is 174 Å². The molecule has 0 spiro atoms. The zero-order chi connectivity index (χ0) is 31.9. The Balaban J connectivity index is 1.27. The first kappa shape index (κ1) is 27.9. The molecule has 7 aromatic rings. The Kier molecular flexibility index (Phi) is 5.96. The maximum atomic E-state index is 2.50. The van der Waals surface area contributed by atoms with E-state index in [4.69, 9.17) is 0 Å². The van der Waals surface area contributed by atoms with Gasteiger partial charge in [0.1, 0.15) is 0 Å². The summed E-state index contributed by atoms with van der Waals surface area (Å²) in [7, 11) is 0. The third kappa shape index (κ3) is 4.09. The summed E-state index contributed by atoms with van der Waals surface area (Å²) in [6, 6.07) is 56.2. The van der Waals surface area contributed by atoms with Crippen LogP contribution in [0.15, 0.2) is 152 Å². The minimum Gasteiger partial charge on any atom is -0.310 e. The first-order valence-corrected chi connectivity index (χ1v) is 16.7. The summed E-state index contributed by atoms with van der Waals surface area (Å²) in [5, 5.41) is 2.58. The second kappa shape index (κ2) is 10.0. The fourth-order valence-electron chi connectivity index (χ4n) is 8.41. The van der Waals surface area contributed by atoms with Crippen molar-refractivity contribution < 1.29 is 0 Å². The van der Waals surface area contributed by atoms with E-state index in [0.29, 0.717) is 0 Å². The number of benzene rings is 7. The fraction of sp³-hybridized carbons (Fsp3) is 0.130. The Hall–Kier alpha value is -5.40. The van der Waals surface area contributed by atoms with Gasteiger partial charge in [-0.25, -0.2) is 0 Å². The Morgan fingerprint density at radius 1 is 0.383 bits per heavy atom. The lowest BCUT2D eigenvalue weighted by Crippen LogP contribution is -2.21. The van der Waals surface area contributed by atoms with Gasteiger partial charge >= 0.3 is 0 Å². The van der Waals surface area contributed by atoms with Gasteiger partial charge in [0.2, 0.25) is 0 Å². The second-order valence-corrected chi connectivity index (χ2v) is 14.2. The van der Waals surface area contributed by atoms with Crippen molar-refractivity contribution in [2.45, 2.75) is 38.5 Å². The molecule has 0 aromatic heterocycles. The Bertz CT molecular complexity index is 2340. The first-order valence-electron chi connectivity index (χ1n) is 16.7. The summed E-state index contributed by atoms with van der Waals surface area (Å²) in [5.74, 6) is 0. The monoisotopic (exact) mass is 603 g/mol. The van der Waals surface area contributed by atoms with Gasteiger partial charge in [-0.3, -0.25) is 0 Å². The molecule has 226 valence electrons. The SMILES string of the molecule is CC1(C)c2ccccc2-c2ccc(N(c3ccc(-c4ccccc4)cc3)c3cccc4c3C(C)(C)c3cc5ccccc5cc3-4)cc21. The van der Waals surface area contributed by atoms with Crippen molar-refractivity contribution in [3.63, 3.8) is 0 Å². The summed E-state index contributed by atoms with van der Waals surface area (Å²) in [6.45, 7) is 9.53. The van der Waals surface area contributed by atoms with Crippen LogP contribution in [0.25, 0.3) is 44.2 Å². The maximum absolute atomic E-state index is 2.50. The molecule has 0 heterocycles. The van der Waals surface area contributed by atoms with Gasteiger partial charge < -0.3 is 4.90 Å². The summed E-state index contributed by atoms with van der Waals surface area (Å²) in [5.41, 5.74) is 16.7. The van der Waals surface area contributed by atoms with Gasteiger partial charge in [-0.2, -0.15) is 0 Å². The minimum atomic E-state index is -0.181. The zero-order valence-electron chi connectivity index (χ0n) is 27.4. The van der Waals surface area contributed by atoms with Crippen molar-refractivity contribution in [2.24, 2.45) is 0 Å². The summed E-state index contributed by atoms with van der Waals surface area (Å²) in [6.07, 6.45) is 0. The molecule has 1 heteroatoms. The van der Waals surface area contributed by atoms with E-state index in [1.165, 1.54) is 77.8 Å². The maximum Gasteiger partial charge on any atom is 0.0508 e. The van der Waals surface area contributed by atoms with E-state index >= 15 is 0 Å². The third-order valence-corrected chi connectivity index (χ3v) is 10.8. The van der Waals surface area contributed by atoms with Crippen LogP contribution in [0.3, 0.4) is 0 Å². The molecular formula is C46H37N. The summed E-state index contributed by atoms with van der Waals surface area (Å²) in [4.78, 5) is 2.50. The molecule has 9 rings (SSSR count). The molecule has 0 radical (unpaired) electrons. The van der Waals surface area contributed by atoms with Crippen molar-refractivity contribution in [2.75, 3.05) is 4.90 Å². The average Bonchev–Trinajstić information content (AvgIpc) is 3.47. The molecule has 2 aliphatic carbocycles. The molecule has 0 fully saturated rings. The average molecular weight is 604 g/mol. The molecule has 7 aromatic carbocycles. The molecule has 47 heavy (non-hydrogen) atoms. The van der Waals surface area contributed by atoms with E-state index in [9.17, 15) is 0 Å². The van der Waals surface area contributed by atoms with Crippen LogP contribution in [0.1, 0.15) is 49.9 Å². The number of hydrogen-bond acceptors (Lipinski definition) is 1. The number of hydrogen-bond donors (Lipinski definition) is 0. The highest BCUT2D eigenvalue weighted by Crippen LogP contribution is 2.56. The minimum absolute atomic E-state index is 0.0843. The summed E-state index contributed by atoms with van der Waals surface area (Å²) < 4.78 is 0. The predicted octanol–water partition coefficient (Wildman–Crippen LogP) is 12.6. The fourth-order valence-corrected chi connectivity index (χ4v) is 8.41. The van der Waals surface area contributed by atoms with Gasteiger partial charge in [0.25, 0.3) is 0 Å². The highest BCUT2D eigenvalue weighted by molar-refractivity contribution is 5.97. The first-order chi connectivity index (χ1) is 22.8. The van der Waals surface area contributed by atoms with E-state index in [1.807, 2.05) is 0 Å². The lowest BCUT2D eigenvalue weighted by atomic mass is 9.80. The molecule has 0 atom stereocenters. The van der Waals surface area contributed by atoms with E-state index in [0.717, 1.165) is 5.69 Å². The lowest BCUT2D eigenvalue weighted by Gasteiger charge is -2.33. The Morgan fingerprint density at radius 2 is 0.979 bits per heavy atom. The molecule has 0 aliphatic heterocycles. The largest absolute Gasteiger partial charge is 0.310 e. The molecule has 1 nitrogen and oxygen atoms in total. The smallest absolute Gasteiger partial charge is 0.0508 e. The molecule has 0 saturated carbocycles. The van der Waals surface area contributed by atoms with Crippen LogP contribution < -0.4 is 4.90 Å². The molecule has 2 aliphatic rings. The van der Waals surface area contributed by atoms with Gasteiger partial charge in [-0.15, -0.1) is 0 Å². The van der Waals surface area contributed by atoms with Crippen LogP contribution in [0.4, 0.5) is 17.1 Å². The zero-order valence-corrected chi connectivity index (χ0v) is 27.4. The van der Waals surface area contributed by atoms with E-state index in [1.54, 1.807) is 0 Å². The number of rotatable bonds is 4.